The Labute approximate surface area is 116 Å². The van der Waals surface area contributed by atoms with Crippen LogP contribution < -0.4 is 11.3 Å². The molecule has 3 rings (SSSR count). The van der Waals surface area contributed by atoms with Crippen molar-refractivity contribution >= 4 is 10.9 Å². The molecule has 3 aromatic rings. The molecule has 0 aliphatic rings. The lowest BCUT2D eigenvalue weighted by atomic mass is 9.99. The molecule has 2 aromatic carbocycles. The Morgan fingerprint density at radius 3 is 2.60 bits per heavy atom. The van der Waals surface area contributed by atoms with Crippen molar-refractivity contribution in [3.63, 3.8) is 0 Å². The summed E-state index contributed by atoms with van der Waals surface area (Å²) in [6, 6.07) is 15.9. The molecule has 3 N–H and O–H groups in total. The number of rotatable bonds is 3. The molecule has 0 spiro atoms. The molecule has 1 atom stereocenters. The van der Waals surface area contributed by atoms with Crippen LogP contribution in [0.1, 0.15) is 17.2 Å². The zero-order chi connectivity index (χ0) is 13.9. The quantitative estimate of drug-likeness (QED) is 0.566. The molecule has 1 aromatic heterocycles. The smallest absolute Gasteiger partial charge is 0.128 e. The maximum absolute atomic E-state index is 13.9. The van der Waals surface area contributed by atoms with Crippen molar-refractivity contribution in [3.8, 4) is 0 Å². The van der Waals surface area contributed by atoms with E-state index in [1.165, 1.54) is 6.07 Å². The van der Waals surface area contributed by atoms with E-state index in [9.17, 15) is 4.39 Å². The normalized spacial score (nSPS) is 12.5. The van der Waals surface area contributed by atoms with E-state index in [1.807, 2.05) is 30.3 Å². The second-order valence-electron chi connectivity index (χ2n) is 4.58. The minimum absolute atomic E-state index is 0.288. The van der Waals surface area contributed by atoms with Crippen LogP contribution in [0.15, 0.2) is 60.8 Å². The molecular formula is C16H14FN3. The van der Waals surface area contributed by atoms with Crippen molar-refractivity contribution in [2.45, 2.75) is 6.04 Å². The molecule has 100 valence electrons. The zero-order valence-electron chi connectivity index (χ0n) is 10.8. The maximum Gasteiger partial charge on any atom is 0.128 e. The van der Waals surface area contributed by atoms with Gasteiger partial charge in [0, 0.05) is 17.1 Å². The van der Waals surface area contributed by atoms with Crippen LogP contribution in [-0.4, -0.2) is 4.98 Å². The molecule has 4 heteroatoms. The van der Waals surface area contributed by atoms with E-state index < -0.39 is 6.04 Å². The molecule has 0 amide bonds. The molecule has 0 bridgehead atoms. The van der Waals surface area contributed by atoms with E-state index in [4.69, 9.17) is 5.84 Å². The third kappa shape index (κ3) is 2.27. The lowest BCUT2D eigenvalue weighted by Crippen LogP contribution is -2.29. The summed E-state index contributed by atoms with van der Waals surface area (Å²) in [5.74, 6) is 5.32. The van der Waals surface area contributed by atoms with Crippen LogP contribution in [0.2, 0.25) is 0 Å². The number of hydrogen-bond donors (Lipinski definition) is 2. The molecule has 1 unspecified atom stereocenters. The lowest BCUT2D eigenvalue weighted by Gasteiger charge is -2.17. The number of pyridine rings is 1. The van der Waals surface area contributed by atoms with Gasteiger partial charge in [-0.3, -0.25) is 10.8 Å². The van der Waals surface area contributed by atoms with Gasteiger partial charge in [0.05, 0.1) is 11.6 Å². The Balaban J connectivity index is 2.10. The summed E-state index contributed by atoms with van der Waals surface area (Å²) in [7, 11) is 0. The van der Waals surface area contributed by atoms with Gasteiger partial charge in [-0.2, -0.15) is 0 Å². The first-order valence-corrected chi connectivity index (χ1v) is 6.35. The SMILES string of the molecule is NNC(c1cnc2ccccc2c1)c1ccccc1F. The molecule has 1 heterocycles. The second-order valence-corrected chi connectivity index (χ2v) is 4.58. The number of benzene rings is 2. The molecule has 0 saturated carbocycles. The van der Waals surface area contributed by atoms with E-state index in [1.54, 1.807) is 24.4 Å². The van der Waals surface area contributed by atoms with E-state index >= 15 is 0 Å². The zero-order valence-corrected chi connectivity index (χ0v) is 10.8. The highest BCUT2D eigenvalue weighted by atomic mass is 19.1. The van der Waals surface area contributed by atoms with Crippen LogP contribution in [0.25, 0.3) is 10.9 Å². The van der Waals surface area contributed by atoms with Gasteiger partial charge in [-0.25, -0.2) is 9.82 Å². The average molecular weight is 267 g/mol. The Morgan fingerprint density at radius 2 is 1.80 bits per heavy atom. The number of fused-ring (bicyclic) bond motifs is 1. The number of aromatic nitrogens is 1. The van der Waals surface area contributed by atoms with Gasteiger partial charge >= 0.3 is 0 Å². The van der Waals surface area contributed by atoms with Crippen molar-refractivity contribution < 1.29 is 4.39 Å². The molecule has 20 heavy (non-hydrogen) atoms. The highest BCUT2D eigenvalue weighted by Crippen LogP contribution is 2.25. The molecule has 3 nitrogen and oxygen atoms in total. The molecule has 0 radical (unpaired) electrons. The minimum Gasteiger partial charge on any atom is -0.271 e. The van der Waals surface area contributed by atoms with Gasteiger partial charge in [-0.15, -0.1) is 0 Å². The highest BCUT2D eigenvalue weighted by molar-refractivity contribution is 5.78. The Kier molecular flexibility index (Phi) is 3.41. The Hall–Kier alpha value is -2.30. The summed E-state index contributed by atoms with van der Waals surface area (Å²) >= 11 is 0. The lowest BCUT2D eigenvalue weighted by molar-refractivity contribution is 0.560. The van der Waals surface area contributed by atoms with Gasteiger partial charge < -0.3 is 0 Å². The summed E-state index contributed by atoms with van der Waals surface area (Å²) in [5, 5.41) is 1.00. The van der Waals surface area contributed by atoms with E-state index in [-0.39, 0.29) is 5.82 Å². The standard InChI is InChI=1S/C16H14FN3/c17-14-7-3-2-6-13(14)16(20-18)12-9-11-5-1-4-8-15(11)19-10-12/h1-10,16,20H,18H2. The summed E-state index contributed by atoms with van der Waals surface area (Å²) < 4.78 is 13.9. The van der Waals surface area contributed by atoms with E-state index in [2.05, 4.69) is 10.4 Å². The molecule has 0 aliphatic heterocycles. The predicted molar refractivity (Wildman–Crippen MR) is 77.3 cm³/mol. The fourth-order valence-corrected chi connectivity index (χ4v) is 2.32. The van der Waals surface area contributed by atoms with Crippen molar-refractivity contribution in [3.05, 3.63) is 77.7 Å². The maximum atomic E-state index is 13.9. The van der Waals surface area contributed by atoms with Crippen LogP contribution in [0.3, 0.4) is 0 Å². The van der Waals surface area contributed by atoms with Crippen LogP contribution in [-0.2, 0) is 0 Å². The number of halogens is 1. The van der Waals surface area contributed by atoms with Gasteiger partial charge in [0.25, 0.3) is 0 Å². The summed E-state index contributed by atoms with van der Waals surface area (Å²) in [6.07, 6.45) is 1.72. The predicted octanol–water partition coefficient (Wildman–Crippen LogP) is 2.93. The van der Waals surface area contributed by atoms with Gasteiger partial charge in [0.2, 0.25) is 0 Å². The first-order chi connectivity index (χ1) is 9.79. The van der Waals surface area contributed by atoms with Crippen molar-refractivity contribution in [2.24, 2.45) is 5.84 Å². The monoisotopic (exact) mass is 267 g/mol. The van der Waals surface area contributed by atoms with Gasteiger partial charge in [0.15, 0.2) is 0 Å². The third-order valence-electron chi connectivity index (χ3n) is 3.33. The minimum atomic E-state index is -0.423. The van der Waals surface area contributed by atoms with Crippen LogP contribution >= 0.6 is 0 Å². The van der Waals surface area contributed by atoms with Crippen molar-refractivity contribution in [2.75, 3.05) is 0 Å². The molecular weight excluding hydrogens is 253 g/mol. The topological polar surface area (TPSA) is 50.9 Å². The first-order valence-electron chi connectivity index (χ1n) is 6.35. The largest absolute Gasteiger partial charge is 0.271 e. The number of para-hydroxylation sites is 1. The van der Waals surface area contributed by atoms with Crippen molar-refractivity contribution in [1.82, 2.24) is 10.4 Å². The van der Waals surface area contributed by atoms with Crippen LogP contribution in [0, 0.1) is 5.82 Å². The average Bonchev–Trinajstić information content (AvgIpc) is 2.50. The summed E-state index contributed by atoms with van der Waals surface area (Å²) in [6.45, 7) is 0. The molecule has 0 aliphatic carbocycles. The fourth-order valence-electron chi connectivity index (χ4n) is 2.32. The number of hydrogen-bond acceptors (Lipinski definition) is 3. The number of hydrazine groups is 1. The Morgan fingerprint density at radius 1 is 1.05 bits per heavy atom. The third-order valence-corrected chi connectivity index (χ3v) is 3.33. The van der Waals surface area contributed by atoms with Gasteiger partial charge in [0.1, 0.15) is 5.82 Å². The van der Waals surface area contributed by atoms with E-state index in [0.717, 1.165) is 16.5 Å². The van der Waals surface area contributed by atoms with Crippen molar-refractivity contribution in [1.29, 1.82) is 0 Å². The molecule has 0 fully saturated rings. The van der Waals surface area contributed by atoms with E-state index in [0.29, 0.717) is 5.56 Å². The van der Waals surface area contributed by atoms with Crippen LogP contribution in [0.5, 0.6) is 0 Å². The highest BCUT2D eigenvalue weighted by Gasteiger charge is 2.16. The number of nitrogens with zero attached hydrogens (tertiary/aromatic N) is 1. The van der Waals surface area contributed by atoms with Crippen LogP contribution in [0.4, 0.5) is 4.39 Å². The fraction of sp³-hybridized carbons (Fsp3) is 0.0625. The number of nitrogens with one attached hydrogen (secondary N) is 1. The number of nitrogens with two attached hydrogens (primary N) is 1. The summed E-state index contributed by atoms with van der Waals surface area (Å²) in [4.78, 5) is 4.39. The molecule has 0 saturated heterocycles. The van der Waals surface area contributed by atoms with Gasteiger partial charge in [-0.05, 0) is 23.8 Å². The Bertz CT molecular complexity index is 742. The first kappa shape index (κ1) is 12.7. The summed E-state index contributed by atoms with van der Waals surface area (Å²) in [5.41, 5.74) is 4.90. The second kappa shape index (κ2) is 5.36. The van der Waals surface area contributed by atoms with Gasteiger partial charge in [-0.1, -0.05) is 36.4 Å².